The fourth-order valence-corrected chi connectivity index (χ4v) is 2.77. The Morgan fingerprint density at radius 3 is 2.90 bits per heavy atom. The van der Waals surface area contributed by atoms with Crippen LogP contribution in [0.25, 0.3) is 0 Å². The summed E-state index contributed by atoms with van der Waals surface area (Å²) in [5.74, 6) is 0.0259. The third-order valence-corrected chi connectivity index (χ3v) is 3.82. The van der Waals surface area contributed by atoms with Gasteiger partial charge in [0.05, 0.1) is 5.56 Å². The van der Waals surface area contributed by atoms with Crippen LogP contribution in [0.4, 0.5) is 0 Å². The molecule has 2 N–H and O–H groups in total. The van der Waals surface area contributed by atoms with Crippen LogP contribution < -0.4 is 5.32 Å². The van der Waals surface area contributed by atoms with Crippen LogP contribution >= 0.6 is 0 Å². The summed E-state index contributed by atoms with van der Waals surface area (Å²) < 4.78 is 0. The predicted molar refractivity (Wildman–Crippen MR) is 80.1 cm³/mol. The minimum Gasteiger partial charge on any atom is -0.507 e. The quantitative estimate of drug-likeness (QED) is 0.887. The largest absolute Gasteiger partial charge is 0.507 e. The van der Waals surface area contributed by atoms with Crippen molar-refractivity contribution in [3.63, 3.8) is 0 Å². The van der Waals surface area contributed by atoms with Gasteiger partial charge in [-0.2, -0.15) is 0 Å². The third kappa shape index (κ3) is 3.31. The van der Waals surface area contributed by atoms with Crippen LogP contribution in [-0.2, 0) is 0 Å². The van der Waals surface area contributed by atoms with Gasteiger partial charge in [-0.15, -0.1) is 0 Å². The molecule has 20 heavy (non-hydrogen) atoms. The maximum Gasteiger partial charge on any atom is 0.257 e. The van der Waals surface area contributed by atoms with Crippen LogP contribution in [-0.4, -0.2) is 41.6 Å². The van der Waals surface area contributed by atoms with E-state index in [9.17, 15) is 9.90 Å². The maximum absolute atomic E-state index is 12.7. The summed E-state index contributed by atoms with van der Waals surface area (Å²) in [6, 6.07) is 5.48. The van der Waals surface area contributed by atoms with Crippen LogP contribution in [0.2, 0.25) is 0 Å². The van der Waals surface area contributed by atoms with E-state index in [1.165, 1.54) is 0 Å². The summed E-state index contributed by atoms with van der Waals surface area (Å²) in [7, 11) is 0. The SMILES string of the molecule is CCCN(C(=O)c1ccc(C)cc1O)C1CCCNC1. The Morgan fingerprint density at radius 1 is 1.50 bits per heavy atom. The second-order valence-corrected chi connectivity index (χ2v) is 5.52. The lowest BCUT2D eigenvalue weighted by atomic mass is 10.0. The number of phenols is 1. The number of aryl methyl sites for hydroxylation is 1. The Kier molecular flexibility index (Phi) is 5.01. The Hall–Kier alpha value is -1.55. The van der Waals surface area contributed by atoms with Crippen LogP contribution in [0, 0.1) is 6.92 Å². The van der Waals surface area contributed by atoms with Gasteiger partial charge in [0, 0.05) is 19.1 Å². The molecule has 1 heterocycles. The standard InChI is InChI=1S/C16H24N2O2/c1-3-9-18(13-5-4-8-17-11-13)16(20)14-7-6-12(2)10-15(14)19/h6-7,10,13,17,19H,3-5,8-9,11H2,1-2H3. The van der Waals surface area contributed by atoms with E-state index in [0.717, 1.165) is 44.5 Å². The lowest BCUT2D eigenvalue weighted by Crippen LogP contribution is -2.49. The number of hydrogen-bond acceptors (Lipinski definition) is 3. The molecule has 110 valence electrons. The monoisotopic (exact) mass is 276 g/mol. The zero-order valence-electron chi connectivity index (χ0n) is 12.4. The Labute approximate surface area is 120 Å². The van der Waals surface area contributed by atoms with E-state index in [-0.39, 0.29) is 17.7 Å². The second-order valence-electron chi connectivity index (χ2n) is 5.52. The van der Waals surface area contributed by atoms with Crippen LogP contribution in [0.15, 0.2) is 18.2 Å². The number of nitrogens with one attached hydrogen (secondary N) is 1. The molecular weight excluding hydrogens is 252 g/mol. The number of hydrogen-bond donors (Lipinski definition) is 2. The summed E-state index contributed by atoms with van der Waals surface area (Å²) in [5, 5.41) is 13.4. The number of nitrogens with zero attached hydrogens (tertiary/aromatic N) is 1. The van der Waals surface area contributed by atoms with Gasteiger partial charge in [0.15, 0.2) is 0 Å². The molecule has 1 unspecified atom stereocenters. The summed E-state index contributed by atoms with van der Waals surface area (Å²) in [6.07, 6.45) is 3.05. The molecule has 2 rings (SSSR count). The molecule has 1 atom stereocenters. The van der Waals surface area contributed by atoms with E-state index in [4.69, 9.17) is 0 Å². The van der Waals surface area contributed by atoms with Crippen molar-refractivity contribution in [1.29, 1.82) is 0 Å². The van der Waals surface area contributed by atoms with E-state index in [2.05, 4.69) is 12.2 Å². The highest BCUT2D eigenvalue weighted by molar-refractivity contribution is 5.97. The van der Waals surface area contributed by atoms with Crippen molar-refractivity contribution in [2.75, 3.05) is 19.6 Å². The molecule has 0 bridgehead atoms. The molecule has 0 aliphatic carbocycles. The highest BCUT2D eigenvalue weighted by Gasteiger charge is 2.26. The zero-order valence-corrected chi connectivity index (χ0v) is 12.4. The first-order valence-electron chi connectivity index (χ1n) is 7.44. The van der Waals surface area contributed by atoms with Crippen molar-refractivity contribution < 1.29 is 9.90 Å². The van der Waals surface area contributed by atoms with Gasteiger partial charge < -0.3 is 15.3 Å². The smallest absolute Gasteiger partial charge is 0.257 e. The fraction of sp³-hybridized carbons (Fsp3) is 0.562. The average molecular weight is 276 g/mol. The molecule has 1 saturated heterocycles. The summed E-state index contributed by atoms with van der Waals surface area (Å²) in [5.41, 5.74) is 1.37. The normalized spacial score (nSPS) is 18.8. The molecule has 1 aromatic rings. The van der Waals surface area contributed by atoms with E-state index >= 15 is 0 Å². The van der Waals surface area contributed by atoms with Gasteiger partial charge in [-0.1, -0.05) is 13.0 Å². The van der Waals surface area contributed by atoms with Gasteiger partial charge in [0.25, 0.3) is 5.91 Å². The number of carbonyl (C=O) groups excluding carboxylic acids is 1. The van der Waals surface area contributed by atoms with Crippen molar-refractivity contribution in [3.8, 4) is 5.75 Å². The molecule has 0 radical (unpaired) electrons. The number of carbonyl (C=O) groups is 1. The lowest BCUT2D eigenvalue weighted by molar-refractivity contribution is 0.0646. The predicted octanol–water partition coefficient (Wildman–Crippen LogP) is 2.30. The summed E-state index contributed by atoms with van der Waals surface area (Å²) in [6.45, 7) is 6.59. The van der Waals surface area contributed by atoms with Crippen molar-refractivity contribution in [1.82, 2.24) is 10.2 Å². The topological polar surface area (TPSA) is 52.6 Å². The molecule has 1 aliphatic rings. The lowest BCUT2D eigenvalue weighted by Gasteiger charge is -2.34. The van der Waals surface area contributed by atoms with Crippen molar-refractivity contribution in [2.45, 2.75) is 39.2 Å². The van der Waals surface area contributed by atoms with E-state index in [1.54, 1.807) is 12.1 Å². The van der Waals surface area contributed by atoms with E-state index < -0.39 is 0 Å². The Morgan fingerprint density at radius 2 is 2.30 bits per heavy atom. The maximum atomic E-state index is 12.7. The van der Waals surface area contributed by atoms with Gasteiger partial charge in [-0.3, -0.25) is 4.79 Å². The summed E-state index contributed by atoms with van der Waals surface area (Å²) in [4.78, 5) is 14.6. The molecule has 1 aliphatic heterocycles. The van der Waals surface area contributed by atoms with Gasteiger partial charge in [0.2, 0.25) is 0 Å². The minimum atomic E-state index is -0.0574. The Bertz CT molecular complexity index is 468. The van der Waals surface area contributed by atoms with Crippen molar-refractivity contribution in [3.05, 3.63) is 29.3 Å². The Balaban J connectivity index is 2.21. The molecule has 0 aromatic heterocycles. The molecule has 4 nitrogen and oxygen atoms in total. The van der Waals surface area contributed by atoms with Gasteiger partial charge >= 0.3 is 0 Å². The van der Waals surface area contributed by atoms with Crippen LogP contribution in [0.5, 0.6) is 5.75 Å². The summed E-state index contributed by atoms with van der Waals surface area (Å²) >= 11 is 0. The highest BCUT2D eigenvalue weighted by Crippen LogP contribution is 2.22. The highest BCUT2D eigenvalue weighted by atomic mass is 16.3. The number of piperidine rings is 1. The number of amides is 1. The fourth-order valence-electron chi connectivity index (χ4n) is 2.77. The average Bonchev–Trinajstić information content (AvgIpc) is 2.45. The van der Waals surface area contributed by atoms with Gasteiger partial charge in [0.1, 0.15) is 5.75 Å². The molecule has 1 aromatic carbocycles. The number of aromatic hydroxyl groups is 1. The number of benzene rings is 1. The zero-order chi connectivity index (χ0) is 14.5. The third-order valence-electron chi connectivity index (χ3n) is 3.82. The van der Waals surface area contributed by atoms with Gasteiger partial charge in [-0.25, -0.2) is 0 Å². The van der Waals surface area contributed by atoms with Crippen molar-refractivity contribution >= 4 is 5.91 Å². The molecular formula is C16H24N2O2. The van der Waals surface area contributed by atoms with Crippen LogP contribution in [0.1, 0.15) is 42.1 Å². The van der Waals surface area contributed by atoms with Crippen LogP contribution in [0.3, 0.4) is 0 Å². The first kappa shape index (κ1) is 14.9. The molecule has 1 fully saturated rings. The molecule has 0 saturated carbocycles. The number of rotatable bonds is 4. The van der Waals surface area contributed by atoms with E-state index in [1.807, 2.05) is 17.9 Å². The first-order chi connectivity index (χ1) is 9.63. The van der Waals surface area contributed by atoms with Gasteiger partial charge in [-0.05, 0) is 50.4 Å². The molecule has 0 spiro atoms. The number of phenolic OH excluding ortho intramolecular Hbond substituents is 1. The second kappa shape index (κ2) is 6.75. The molecule has 4 heteroatoms. The first-order valence-corrected chi connectivity index (χ1v) is 7.44. The van der Waals surface area contributed by atoms with Crippen molar-refractivity contribution in [2.24, 2.45) is 0 Å². The minimum absolute atomic E-state index is 0.0574. The molecule has 1 amide bonds. The van der Waals surface area contributed by atoms with E-state index in [0.29, 0.717) is 5.56 Å².